The second-order valence-corrected chi connectivity index (χ2v) is 4.21. The molecule has 0 aliphatic heterocycles. The van der Waals surface area contributed by atoms with Crippen LogP contribution in [-0.2, 0) is 0 Å². The fourth-order valence-corrected chi connectivity index (χ4v) is 1.67. The molecule has 2 aromatic rings. The SMILES string of the molecule is CC(=O)c1cc(Oc2ccc([N+](=O)[O-])cc2F)ccc1O. The molecule has 0 heterocycles. The molecule has 21 heavy (non-hydrogen) atoms. The fraction of sp³-hybridized carbons (Fsp3) is 0.0714. The largest absolute Gasteiger partial charge is 0.507 e. The lowest BCUT2D eigenvalue weighted by Gasteiger charge is -2.08. The number of rotatable bonds is 4. The number of hydrogen-bond acceptors (Lipinski definition) is 5. The number of ketones is 1. The summed E-state index contributed by atoms with van der Waals surface area (Å²) in [6.45, 7) is 1.27. The minimum Gasteiger partial charge on any atom is -0.507 e. The molecule has 7 heteroatoms. The maximum absolute atomic E-state index is 13.7. The highest BCUT2D eigenvalue weighted by atomic mass is 19.1. The van der Waals surface area contributed by atoms with Crippen molar-refractivity contribution in [2.24, 2.45) is 0 Å². The number of ether oxygens (including phenoxy) is 1. The van der Waals surface area contributed by atoms with E-state index in [4.69, 9.17) is 4.74 Å². The van der Waals surface area contributed by atoms with Crippen LogP contribution in [0.3, 0.4) is 0 Å². The number of carbonyl (C=O) groups is 1. The van der Waals surface area contributed by atoms with Crippen LogP contribution in [0.25, 0.3) is 0 Å². The number of hydrogen-bond donors (Lipinski definition) is 1. The van der Waals surface area contributed by atoms with Gasteiger partial charge >= 0.3 is 0 Å². The molecule has 0 aliphatic carbocycles. The summed E-state index contributed by atoms with van der Waals surface area (Å²) in [5.74, 6) is -1.57. The molecule has 0 saturated carbocycles. The van der Waals surface area contributed by atoms with Gasteiger partial charge in [-0.25, -0.2) is 4.39 Å². The van der Waals surface area contributed by atoms with Crippen LogP contribution in [0, 0.1) is 15.9 Å². The third kappa shape index (κ3) is 3.14. The molecule has 0 amide bonds. The number of phenols is 1. The van der Waals surface area contributed by atoms with E-state index < -0.39 is 16.4 Å². The molecule has 0 aliphatic rings. The first-order valence-electron chi connectivity index (χ1n) is 5.84. The van der Waals surface area contributed by atoms with Crippen LogP contribution in [0.2, 0.25) is 0 Å². The lowest BCUT2D eigenvalue weighted by atomic mass is 10.1. The van der Waals surface area contributed by atoms with Crippen molar-refractivity contribution in [3.8, 4) is 17.2 Å². The Hall–Kier alpha value is -2.96. The number of benzene rings is 2. The lowest BCUT2D eigenvalue weighted by Crippen LogP contribution is -1.95. The zero-order valence-electron chi connectivity index (χ0n) is 10.9. The van der Waals surface area contributed by atoms with Crippen molar-refractivity contribution in [1.82, 2.24) is 0 Å². The molecule has 0 saturated heterocycles. The van der Waals surface area contributed by atoms with E-state index in [1.54, 1.807) is 0 Å². The van der Waals surface area contributed by atoms with Gasteiger partial charge in [0, 0.05) is 6.07 Å². The number of Topliss-reactive ketones (excluding diaryl/α,β-unsaturated/α-hetero) is 1. The Morgan fingerprint density at radius 2 is 2.00 bits per heavy atom. The van der Waals surface area contributed by atoms with Gasteiger partial charge in [0.05, 0.1) is 16.6 Å². The number of nitrogens with zero attached hydrogens (tertiary/aromatic N) is 1. The van der Waals surface area contributed by atoms with E-state index in [1.807, 2.05) is 0 Å². The van der Waals surface area contributed by atoms with Crippen LogP contribution in [0.1, 0.15) is 17.3 Å². The molecule has 2 aromatic carbocycles. The fourth-order valence-electron chi connectivity index (χ4n) is 1.67. The minimum atomic E-state index is -0.901. The van der Waals surface area contributed by atoms with E-state index in [0.717, 1.165) is 18.2 Å². The van der Waals surface area contributed by atoms with Gasteiger partial charge in [0.2, 0.25) is 0 Å². The highest BCUT2D eigenvalue weighted by Gasteiger charge is 2.14. The number of nitro groups is 1. The Morgan fingerprint density at radius 1 is 1.29 bits per heavy atom. The summed E-state index contributed by atoms with van der Waals surface area (Å²) in [4.78, 5) is 21.1. The maximum atomic E-state index is 13.7. The average molecular weight is 291 g/mol. The van der Waals surface area contributed by atoms with Crippen LogP contribution >= 0.6 is 0 Å². The van der Waals surface area contributed by atoms with Gasteiger partial charge in [0.25, 0.3) is 5.69 Å². The second-order valence-electron chi connectivity index (χ2n) is 4.21. The zero-order valence-corrected chi connectivity index (χ0v) is 10.9. The molecule has 0 bridgehead atoms. The molecule has 0 radical (unpaired) electrons. The van der Waals surface area contributed by atoms with Crippen molar-refractivity contribution in [1.29, 1.82) is 0 Å². The first-order chi connectivity index (χ1) is 9.88. The normalized spacial score (nSPS) is 10.2. The molecule has 2 rings (SSSR count). The smallest absolute Gasteiger partial charge is 0.272 e. The van der Waals surface area contributed by atoms with Gasteiger partial charge in [-0.1, -0.05) is 0 Å². The van der Waals surface area contributed by atoms with Crippen molar-refractivity contribution in [2.45, 2.75) is 6.92 Å². The van der Waals surface area contributed by atoms with Crippen LogP contribution < -0.4 is 4.74 Å². The summed E-state index contributed by atoms with van der Waals surface area (Å²) in [5.41, 5.74) is -0.357. The molecule has 0 spiro atoms. The molecule has 0 fully saturated rings. The van der Waals surface area contributed by atoms with Crippen molar-refractivity contribution in [2.75, 3.05) is 0 Å². The van der Waals surface area contributed by atoms with Crippen LogP contribution in [0.15, 0.2) is 36.4 Å². The van der Waals surface area contributed by atoms with E-state index >= 15 is 0 Å². The molecule has 6 nitrogen and oxygen atoms in total. The number of nitro benzene ring substituents is 1. The summed E-state index contributed by atoms with van der Waals surface area (Å²) < 4.78 is 18.9. The molecule has 108 valence electrons. The predicted molar refractivity (Wildman–Crippen MR) is 71.2 cm³/mol. The lowest BCUT2D eigenvalue weighted by molar-refractivity contribution is -0.385. The van der Waals surface area contributed by atoms with E-state index in [0.29, 0.717) is 0 Å². The van der Waals surface area contributed by atoms with Crippen LogP contribution in [-0.4, -0.2) is 15.8 Å². The Balaban J connectivity index is 2.32. The molecule has 0 aromatic heterocycles. The number of phenolic OH excluding ortho intramolecular Hbond substituents is 1. The summed E-state index contributed by atoms with van der Waals surface area (Å²) in [7, 11) is 0. The Morgan fingerprint density at radius 3 is 2.57 bits per heavy atom. The predicted octanol–water partition coefficient (Wildman–Crippen LogP) is 3.43. The topological polar surface area (TPSA) is 89.7 Å². The van der Waals surface area contributed by atoms with Gasteiger partial charge in [0.15, 0.2) is 17.3 Å². The standard InChI is InChI=1S/C14H10FNO5/c1-8(17)11-7-10(3-4-13(11)18)21-14-5-2-9(16(19)20)6-12(14)15/h2-7,18H,1H3. The molecule has 0 unspecified atom stereocenters. The third-order valence-electron chi connectivity index (χ3n) is 2.70. The van der Waals surface area contributed by atoms with Gasteiger partial charge in [-0.15, -0.1) is 0 Å². The Labute approximate surface area is 118 Å². The highest BCUT2D eigenvalue weighted by molar-refractivity contribution is 5.97. The van der Waals surface area contributed by atoms with Crippen LogP contribution in [0.4, 0.5) is 10.1 Å². The third-order valence-corrected chi connectivity index (χ3v) is 2.70. The summed E-state index contributed by atoms with van der Waals surface area (Å²) >= 11 is 0. The van der Waals surface area contributed by atoms with Crippen molar-refractivity contribution < 1.29 is 24.0 Å². The number of halogens is 1. The monoisotopic (exact) mass is 291 g/mol. The Kier molecular flexibility index (Phi) is 3.84. The van der Waals surface area contributed by atoms with E-state index in [1.165, 1.54) is 25.1 Å². The number of aromatic hydroxyl groups is 1. The van der Waals surface area contributed by atoms with Gasteiger partial charge < -0.3 is 9.84 Å². The van der Waals surface area contributed by atoms with Crippen molar-refractivity contribution >= 4 is 11.5 Å². The van der Waals surface area contributed by atoms with Crippen molar-refractivity contribution in [3.63, 3.8) is 0 Å². The van der Waals surface area contributed by atoms with E-state index in [2.05, 4.69) is 0 Å². The average Bonchev–Trinajstić information content (AvgIpc) is 2.42. The molecule has 1 N–H and O–H groups in total. The van der Waals surface area contributed by atoms with Crippen molar-refractivity contribution in [3.05, 3.63) is 57.9 Å². The minimum absolute atomic E-state index is 0.0369. The Bertz CT molecular complexity index is 729. The summed E-state index contributed by atoms with van der Waals surface area (Å²) in [5, 5.41) is 20.0. The van der Waals surface area contributed by atoms with Gasteiger partial charge in [0.1, 0.15) is 11.5 Å². The number of carbonyl (C=O) groups excluding carboxylic acids is 1. The molecular formula is C14H10FNO5. The number of non-ortho nitro benzene ring substituents is 1. The van der Waals surface area contributed by atoms with Crippen LogP contribution in [0.5, 0.6) is 17.2 Å². The van der Waals surface area contributed by atoms with E-state index in [-0.39, 0.29) is 28.6 Å². The maximum Gasteiger partial charge on any atom is 0.272 e. The quantitative estimate of drug-likeness (QED) is 0.529. The second kappa shape index (κ2) is 5.58. The first-order valence-corrected chi connectivity index (χ1v) is 5.84. The van der Waals surface area contributed by atoms with Gasteiger partial charge in [-0.2, -0.15) is 0 Å². The summed E-state index contributed by atoms with van der Waals surface area (Å²) in [6.07, 6.45) is 0. The zero-order chi connectivity index (χ0) is 15.6. The summed E-state index contributed by atoms with van der Waals surface area (Å²) in [6, 6.07) is 6.82. The van der Waals surface area contributed by atoms with Gasteiger partial charge in [-0.3, -0.25) is 14.9 Å². The first kappa shape index (κ1) is 14.4. The highest BCUT2D eigenvalue weighted by Crippen LogP contribution is 2.30. The van der Waals surface area contributed by atoms with Gasteiger partial charge in [-0.05, 0) is 31.2 Å². The molecular weight excluding hydrogens is 281 g/mol. The van der Waals surface area contributed by atoms with E-state index in [9.17, 15) is 24.4 Å². The molecule has 0 atom stereocenters.